The Morgan fingerprint density at radius 3 is 2.73 bits per heavy atom. The number of aliphatic hydroxyl groups excluding tert-OH is 1. The summed E-state index contributed by atoms with van der Waals surface area (Å²) in [7, 11) is 1.42. The second-order valence-electron chi connectivity index (χ2n) is 3.14. The van der Waals surface area contributed by atoms with E-state index >= 15 is 0 Å². The molecule has 0 fully saturated rings. The van der Waals surface area contributed by atoms with E-state index in [0.29, 0.717) is 23.6 Å². The van der Waals surface area contributed by atoms with Gasteiger partial charge in [-0.15, -0.1) is 0 Å². The lowest BCUT2D eigenvalue weighted by atomic mass is 10.1. The number of ether oxygens (including phenoxy) is 1. The molecule has 0 amide bonds. The van der Waals surface area contributed by atoms with E-state index in [1.165, 1.54) is 19.2 Å². The molecule has 0 aliphatic rings. The van der Waals surface area contributed by atoms with Gasteiger partial charge in [-0.05, 0) is 19.0 Å². The third kappa shape index (κ3) is 2.75. The summed E-state index contributed by atoms with van der Waals surface area (Å²) in [6, 6.07) is 2.98. The third-order valence-electron chi connectivity index (χ3n) is 2.09. The number of phenolic OH excluding ortho intramolecular Hbond substituents is 1. The first-order valence-corrected chi connectivity index (χ1v) is 4.92. The summed E-state index contributed by atoms with van der Waals surface area (Å²) >= 11 is 5.81. The molecule has 0 aliphatic heterocycles. The number of phenols is 1. The molecule has 15 heavy (non-hydrogen) atoms. The van der Waals surface area contributed by atoms with Crippen molar-refractivity contribution in [2.75, 3.05) is 13.7 Å². The van der Waals surface area contributed by atoms with Crippen LogP contribution in [0.1, 0.15) is 18.1 Å². The molecule has 0 saturated carbocycles. The van der Waals surface area contributed by atoms with E-state index in [4.69, 9.17) is 22.1 Å². The molecule has 1 atom stereocenters. The van der Waals surface area contributed by atoms with E-state index in [1.54, 1.807) is 0 Å². The topological polar surface area (TPSA) is 75.7 Å². The fourth-order valence-corrected chi connectivity index (χ4v) is 1.53. The van der Waals surface area contributed by atoms with Crippen molar-refractivity contribution in [1.29, 1.82) is 0 Å². The monoisotopic (exact) mass is 231 g/mol. The number of halogens is 1. The highest BCUT2D eigenvalue weighted by atomic mass is 35.5. The third-order valence-corrected chi connectivity index (χ3v) is 2.31. The average molecular weight is 232 g/mol. The minimum atomic E-state index is -0.831. The molecule has 4 nitrogen and oxygen atoms in total. The molecule has 0 radical (unpaired) electrons. The molecule has 1 aromatic carbocycles. The molecule has 0 saturated heterocycles. The first-order valence-electron chi connectivity index (χ1n) is 4.54. The predicted molar refractivity (Wildman–Crippen MR) is 58.3 cm³/mol. The second kappa shape index (κ2) is 5.21. The molecule has 0 bridgehead atoms. The number of rotatable bonds is 4. The Morgan fingerprint density at radius 2 is 2.20 bits per heavy atom. The van der Waals surface area contributed by atoms with Gasteiger partial charge in [0.15, 0.2) is 11.5 Å². The highest BCUT2D eigenvalue weighted by Crippen LogP contribution is 2.37. The van der Waals surface area contributed by atoms with E-state index in [2.05, 4.69) is 0 Å². The van der Waals surface area contributed by atoms with E-state index in [1.807, 2.05) is 0 Å². The van der Waals surface area contributed by atoms with Crippen molar-refractivity contribution in [3.63, 3.8) is 0 Å². The van der Waals surface area contributed by atoms with Crippen molar-refractivity contribution in [2.45, 2.75) is 12.5 Å². The molecule has 84 valence electrons. The van der Waals surface area contributed by atoms with Gasteiger partial charge in [0.2, 0.25) is 0 Å². The molecular formula is C10H14ClNO3. The molecule has 0 heterocycles. The van der Waals surface area contributed by atoms with Crippen molar-refractivity contribution in [2.24, 2.45) is 5.73 Å². The summed E-state index contributed by atoms with van der Waals surface area (Å²) < 4.78 is 4.92. The van der Waals surface area contributed by atoms with Crippen LogP contribution in [0.4, 0.5) is 0 Å². The van der Waals surface area contributed by atoms with Crippen molar-refractivity contribution in [3.05, 3.63) is 22.7 Å². The highest BCUT2D eigenvalue weighted by molar-refractivity contribution is 6.30. The fraction of sp³-hybridized carbons (Fsp3) is 0.400. The van der Waals surface area contributed by atoms with E-state index in [0.717, 1.165) is 0 Å². The Bertz CT molecular complexity index is 344. The number of benzene rings is 1. The number of hydrogen-bond donors (Lipinski definition) is 3. The molecule has 4 N–H and O–H groups in total. The quantitative estimate of drug-likeness (QED) is 0.733. The van der Waals surface area contributed by atoms with Gasteiger partial charge in [0.1, 0.15) is 0 Å². The number of aliphatic hydroxyl groups is 1. The normalized spacial score (nSPS) is 12.5. The molecule has 1 rings (SSSR count). The summed E-state index contributed by atoms with van der Waals surface area (Å²) in [5.41, 5.74) is 5.66. The van der Waals surface area contributed by atoms with Gasteiger partial charge in [0, 0.05) is 16.7 Å². The van der Waals surface area contributed by atoms with Crippen LogP contribution in [0.15, 0.2) is 12.1 Å². The molecule has 5 heteroatoms. The lowest BCUT2D eigenvalue weighted by molar-refractivity contribution is 0.165. The zero-order chi connectivity index (χ0) is 11.4. The van der Waals surface area contributed by atoms with Crippen LogP contribution in [-0.4, -0.2) is 23.9 Å². The van der Waals surface area contributed by atoms with Crippen LogP contribution in [0.3, 0.4) is 0 Å². The largest absolute Gasteiger partial charge is 0.504 e. The average Bonchev–Trinajstić information content (AvgIpc) is 2.21. The van der Waals surface area contributed by atoms with Crippen LogP contribution in [0.5, 0.6) is 11.5 Å². The maximum atomic E-state index is 9.73. The van der Waals surface area contributed by atoms with Crippen molar-refractivity contribution in [1.82, 2.24) is 0 Å². The van der Waals surface area contributed by atoms with Crippen LogP contribution in [-0.2, 0) is 0 Å². The molecule has 0 spiro atoms. The lowest BCUT2D eigenvalue weighted by Crippen LogP contribution is -2.07. The summed E-state index contributed by atoms with van der Waals surface area (Å²) in [6.07, 6.45) is -0.473. The fourth-order valence-electron chi connectivity index (χ4n) is 1.32. The number of aromatic hydroxyl groups is 1. The zero-order valence-electron chi connectivity index (χ0n) is 8.40. The minimum Gasteiger partial charge on any atom is -0.504 e. The summed E-state index contributed by atoms with van der Waals surface area (Å²) in [5, 5.41) is 19.8. The molecule has 0 aromatic heterocycles. The first kappa shape index (κ1) is 12.1. The Hall–Kier alpha value is -0.970. The van der Waals surface area contributed by atoms with E-state index in [9.17, 15) is 10.2 Å². The van der Waals surface area contributed by atoms with Gasteiger partial charge >= 0.3 is 0 Å². The maximum absolute atomic E-state index is 9.73. The molecule has 1 unspecified atom stereocenters. The Kier molecular flexibility index (Phi) is 4.20. The number of nitrogens with two attached hydrogens (primary N) is 1. The van der Waals surface area contributed by atoms with Gasteiger partial charge in [-0.25, -0.2) is 0 Å². The summed E-state index contributed by atoms with van der Waals surface area (Å²) in [4.78, 5) is 0. The van der Waals surface area contributed by atoms with E-state index in [-0.39, 0.29) is 11.5 Å². The SMILES string of the molecule is COc1cc(Cl)cc(C(O)CCN)c1O. The smallest absolute Gasteiger partial charge is 0.163 e. The van der Waals surface area contributed by atoms with Crippen LogP contribution >= 0.6 is 11.6 Å². The van der Waals surface area contributed by atoms with Crippen LogP contribution in [0, 0.1) is 0 Å². The van der Waals surface area contributed by atoms with Gasteiger partial charge in [0.05, 0.1) is 13.2 Å². The van der Waals surface area contributed by atoms with Crippen molar-refractivity contribution >= 4 is 11.6 Å². The van der Waals surface area contributed by atoms with Gasteiger partial charge in [0.25, 0.3) is 0 Å². The minimum absolute atomic E-state index is 0.0946. The summed E-state index contributed by atoms with van der Waals surface area (Å²) in [6.45, 7) is 0.329. The zero-order valence-corrected chi connectivity index (χ0v) is 9.16. The van der Waals surface area contributed by atoms with Gasteiger partial charge in [-0.2, -0.15) is 0 Å². The van der Waals surface area contributed by atoms with Crippen LogP contribution in [0.2, 0.25) is 5.02 Å². The molecule has 0 aliphatic carbocycles. The second-order valence-corrected chi connectivity index (χ2v) is 3.58. The van der Waals surface area contributed by atoms with Crippen molar-refractivity contribution < 1.29 is 14.9 Å². The molecule has 1 aromatic rings. The Balaban J connectivity index is 3.11. The first-order chi connectivity index (χ1) is 7.10. The van der Waals surface area contributed by atoms with Crippen LogP contribution < -0.4 is 10.5 Å². The highest BCUT2D eigenvalue weighted by Gasteiger charge is 2.16. The van der Waals surface area contributed by atoms with Gasteiger partial charge in [-0.1, -0.05) is 11.6 Å². The summed E-state index contributed by atoms with van der Waals surface area (Å²) in [5.74, 6) is 0.149. The van der Waals surface area contributed by atoms with E-state index < -0.39 is 6.10 Å². The van der Waals surface area contributed by atoms with Crippen LogP contribution in [0.25, 0.3) is 0 Å². The Morgan fingerprint density at radius 1 is 1.53 bits per heavy atom. The van der Waals surface area contributed by atoms with Crippen molar-refractivity contribution in [3.8, 4) is 11.5 Å². The maximum Gasteiger partial charge on any atom is 0.163 e. The predicted octanol–water partition coefficient (Wildman–Crippen LogP) is 1.44. The number of methoxy groups -OCH3 is 1. The molecular weight excluding hydrogens is 218 g/mol. The standard InChI is InChI=1S/C10H14ClNO3/c1-15-9-5-6(11)4-7(10(9)14)8(13)2-3-12/h4-5,8,13-14H,2-3,12H2,1H3. The van der Waals surface area contributed by atoms with Gasteiger partial charge in [-0.3, -0.25) is 0 Å². The van der Waals surface area contributed by atoms with Gasteiger partial charge < -0.3 is 20.7 Å². The number of hydrogen-bond acceptors (Lipinski definition) is 4. The lowest BCUT2D eigenvalue weighted by Gasteiger charge is -2.14. The Labute approximate surface area is 93.2 Å².